The van der Waals surface area contributed by atoms with Crippen molar-refractivity contribution in [2.24, 2.45) is 0 Å². The molecular formula is C29H22ClF6N3O4. The summed E-state index contributed by atoms with van der Waals surface area (Å²) in [7, 11) is 0. The molecule has 0 radical (unpaired) electrons. The lowest BCUT2D eigenvalue weighted by Crippen LogP contribution is -2.60. The molecule has 0 aromatic heterocycles. The van der Waals surface area contributed by atoms with Gasteiger partial charge in [-0.25, -0.2) is 0 Å². The fraction of sp³-hybridized carbons (Fsp3) is 0.276. The zero-order chi connectivity index (χ0) is 31.3. The van der Waals surface area contributed by atoms with Gasteiger partial charge in [-0.3, -0.25) is 14.4 Å². The van der Waals surface area contributed by atoms with Gasteiger partial charge in [0.2, 0.25) is 5.91 Å². The lowest BCUT2D eigenvalue weighted by atomic mass is 9.97. The topological polar surface area (TPSA) is 79.0 Å². The van der Waals surface area contributed by atoms with Gasteiger partial charge in [-0.15, -0.1) is 0 Å². The van der Waals surface area contributed by atoms with Crippen molar-refractivity contribution in [3.63, 3.8) is 0 Å². The number of ether oxygens (including phenoxy) is 1. The first-order chi connectivity index (χ1) is 20.1. The summed E-state index contributed by atoms with van der Waals surface area (Å²) in [6.07, 6.45) is -9.16. The molecule has 0 saturated carbocycles. The zero-order valence-electron chi connectivity index (χ0n) is 22.3. The summed E-state index contributed by atoms with van der Waals surface area (Å²) in [5, 5.41) is 2.33. The molecule has 1 fully saturated rings. The molecule has 3 aromatic rings. The normalized spacial score (nSPS) is 17.2. The number of hydrogen-bond acceptors (Lipinski definition) is 4. The van der Waals surface area contributed by atoms with Gasteiger partial charge in [0.1, 0.15) is 11.8 Å². The van der Waals surface area contributed by atoms with E-state index in [9.17, 15) is 40.7 Å². The number of fused-ring (bicyclic) bond motifs is 2. The van der Waals surface area contributed by atoms with Crippen LogP contribution < -0.4 is 10.1 Å². The molecule has 0 bridgehead atoms. The van der Waals surface area contributed by atoms with Gasteiger partial charge in [0, 0.05) is 13.1 Å². The summed E-state index contributed by atoms with van der Waals surface area (Å²) < 4.78 is 84.1. The van der Waals surface area contributed by atoms with E-state index in [-0.39, 0.29) is 47.2 Å². The molecule has 1 unspecified atom stereocenters. The van der Waals surface area contributed by atoms with Crippen LogP contribution in [-0.4, -0.2) is 59.8 Å². The van der Waals surface area contributed by atoms with Gasteiger partial charge in [0.05, 0.1) is 33.9 Å². The van der Waals surface area contributed by atoms with Crippen LogP contribution >= 0.6 is 11.6 Å². The van der Waals surface area contributed by atoms with Crippen LogP contribution in [-0.2, 0) is 21.9 Å². The molecule has 2 aliphatic rings. The fourth-order valence-electron chi connectivity index (χ4n) is 5.00. The molecule has 43 heavy (non-hydrogen) atoms. The summed E-state index contributed by atoms with van der Waals surface area (Å²) in [5.74, 6) is -1.83. The van der Waals surface area contributed by atoms with E-state index in [2.05, 4.69) is 5.32 Å². The minimum Gasteiger partial charge on any atom is -0.482 e. The Kier molecular flexibility index (Phi) is 7.80. The Hall–Kier alpha value is -4.26. The molecule has 1 N–H and O–H groups in total. The molecule has 3 amide bonds. The van der Waals surface area contributed by atoms with Gasteiger partial charge in [0.25, 0.3) is 11.8 Å². The van der Waals surface area contributed by atoms with Crippen LogP contribution in [0.4, 0.5) is 32.0 Å². The summed E-state index contributed by atoms with van der Waals surface area (Å²) in [6, 6.07) is 9.31. The zero-order valence-corrected chi connectivity index (χ0v) is 23.0. The van der Waals surface area contributed by atoms with E-state index < -0.39 is 53.8 Å². The maximum absolute atomic E-state index is 13.5. The van der Waals surface area contributed by atoms with Gasteiger partial charge >= 0.3 is 12.4 Å². The van der Waals surface area contributed by atoms with Crippen LogP contribution in [0.3, 0.4) is 0 Å². The highest BCUT2D eigenvalue weighted by molar-refractivity contribution is 6.32. The Balaban J connectivity index is 1.31. The molecule has 0 aliphatic carbocycles. The smallest absolute Gasteiger partial charge is 0.416 e. The molecule has 226 valence electrons. The monoisotopic (exact) mass is 625 g/mol. The molecule has 1 atom stereocenters. The Morgan fingerprint density at radius 3 is 2.33 bits per heavy atom. The predicted octanol–water partition coefficient (Wildman–Crippen LogP) is 6.04. The van der Waals surface area contributed by atoms with E-state index in [1.807, 2.05) is 0 Å². The van der Waals surface area contributed by atoms with E-state index in [4.69, 9.17) is 16.3 Å². The molecular weight excluding hydrogens is 604 g/mol. The number of piperazine rings is 1. The number of carbonyl (C=O) groups excluding carboxylic acids is 3. The fourth-order valence-corrected chi connectivity index (χ4v) is 5.23. The highest BCUT2D eigenvalue weighted by Crippen LogP contribution is 2.36. The van der Waals surface area contributed by atoms with E-state index in [0.29, 0.717) is 17.2 Å². The van der Waals surface area contributed by atoms with Crippen molar-refractivity contribution in [1.29, 1.82) is 0 Å². The van der Waals surface area contributed by atoms with Gasteiger partial charge in [-0.1, -0.05) is 23.7 Å². The van der Waals surface area contributed by atoms with Gasteiger partial charge in [-0.05, 0) is 66.1 Å². The number of hydrogen-bond donors (Lipinski definition) is 1. The lowest BCUT2D eigenvalue weighted by Gasteiger charge is -2.39. The molecule has 2 heterocycles. The van der Waals surface area contributed by atoms with Crippen LogP contribution in [0.15, 0.2) is 54.6 Å². The van der Waals surface area contributed by atoms with Crippen LogP contribution in [0.5, 0.6) is 5.75 Å². The van der Waals surface area contributed by atoms with Crippen molar-refractivity contribution in [2.45, 2.75) is 25.3 Å². The average molecular weight is 626 g/mol. The van der Waals surface area contributed by atoms with E-state index in [0.717, 1.165) is 24.3 Å². The summed E-state index contributed by atoms with van der Waals surface area (Å²) in [5.41, 5.74) is -0.569. The molecule has 5 rings (SSSR count). The van der Waals surface area contributed by atoms with Crippen LogP contribution in [0.25, 0.3) is 11.1 Å². The molecule has 14 heteroatoms. The van der Waals surface area contributed by atoms with Crippen molar-refractivity contribution in [3.8, 4) is 16.9 Å². The summed E-state index contributed by atoms with van der Waals surface area (Å²) in [4.78, 5) is 42.1. The predicted molar refractivity (Wildman–Crippen MR) is 144 cm³/mol. The standard InChI is InChI=1S/C29H22ClF6N3O4/c1-15-8-17(10-19(9-15)29(34,35)36)16-2-4-22-20(11-16)27(42)39-7-6-38(13-23(39)26(41)37-22)25(40)14-43-24-5-3-18(12-21(24)30)28(31,32)33/h2-5,8-12,23H,6-7,13-14H2,1H3,(H,37,41). The molecule has 0 spiro atoms. The molecule has 1 saturated heterocycles. The van der Waals surface area contributed by atoms with E-state index >= 15 is 0 Å². The van der Waals surface area contributed by atoms with Crippen molar-refractivity contribution in [3.05, 3.63) is 81.9 Å². The Labute approximate surface area is 246 Å². The maximum atomic E-state index is 13.5. The highest BCUT2D eigenvalue weighted by atomic mass is 35.5. The third kappa shape index (κ3) is 6.26. The first-order valence-electron chi connectivity index (χ1n) is 12.8. The minimum atomic E-state index is -4.60. The average Bonchev–Trinajstić information content (AvgIpc) is 3.04. The Morgan fingerprint density at radius 1 is 0.930 bits per heavy atom. The number of amides is 3. The Bertz CT molecular complexity index is 1620. The van der Waals surface area contributed by atoms with E-state index in [1.54, 1.807) is 6.07 Å². The molecule has 3 aromatic carbocycles. The minimum absolute atomic E-state index is 0.0281. The number of carbonyl (C=O) groups is 3. The third-order valence-electron chi connectivity index (χ3n) is 7.15. The molecule has 7 nitrogen and oxygen atoms in total. The number of anilines is 1. The summed E-state index contributed by atoms with van der Waals surface area (Å²) >= 11 is 5.88. The number of nitrogens with one attached hydrogen (secondary N) is 1. The number of benzene rings is 3. The number of nitrogens with zero attached hydrogens (tertiary/aromatic N) is 2. The van der Waals surface area contributed by atoms with Crippen molar-refractivity contribution < 1.29 is 45.5 Å². The lowest BCUT2D eigenvalue weighted by molar-refractivity contribution is -0.139. The number of alkyl halides is 6. The van der Waals surface area contributed by atoms with Crippen LogP contribution in [0.2, 0.25) is 5.02 Å². The second-order valence-corrected chi connectivity index (χ2v) is 10.5. The number of halogens is 7. The van der Waals surface area contributed by atoms with Crippen LogP contribution in [0, 0.1) is 6.92 Å². The largest absolute Gasteiger partial charge is 0.482 e. The first-order valence-corrected chi connectivity index (χ1v) is 13.2. The van der Waals surface area contributed by atoms with E-state index in [1.165, 1.54) is 34.9 Å². The summed E-state index contributed by atoms with van der Waals surface area (Å²) in [6.45, 7) is 0.764. The highest BCUT2D eigenvalue weighted by Gasteiger charge is 2.41. The van der Waals surface area contributed by atoms with Crippen molar-refractivity contribution >= 4 is 35.0 Å². The number of aryl methyl sites for hydroxylation is 1. The van der Waals surface area contributed by atoms with Gasteiger partial charge in [-0.2, -0.15) is 26.3 Å². The second kappa shape index (κ2) is 11.1. The SMILES string of the molecule is Cc1cc(-c2ccc3c(c2)C(=O)N2CCN(C(=O)COc4ccc(C(F)(F)F)cc4Cl)CC2C(=O)N3)cc(C(F)(F)F)c1. The number of rotatable bonds is 4. The first kappa shape index (κ1) is 30.2. The van der Waals surface area contributed by atoms with Crippen molar-refractivity contribution in [2.75, 3.05) is 31.6 Å². The maximum Gasteiger partial charge on any atom is 0.416 e. The molecule has 2 aliphatic heterocycles. The second-order valence-electron chi connectivity index (χ2n) is 10.1. The third-order valence-corrected chi connectivity index (χ3v) is 7.45. The Morgan fingerprint density at radius 2 is 1.65 bits per heavy atom. The van der Waals surface area contributed by atoms with Crippen LogP contribution in [0.1, 0.15) is 27.0 Å². The van der Waals surface area contributed by atoms with Gasteiger partial charge < -0.3 is 19.9 Å². The quantitative estimate of drug-likeness (QED) is 0.359. The van der Waals surface area contributed by atoms with Crippen molar-refractivity contribution in [1.82, 2.24) is 9.80 Å². The van der Waals surface area contributed by atoms with Gasteiger partial charge in [0.15, 0.2) is 6.61 Å².